The van der Waals surface area contributed by atoms with Gasteiger partial charge in [-0.1, -0.05) is 30.3 Å². The Balaban J connectivity index is 1.51. The zero-order valence-electron chi connectivity index (χ0n) is 12.5. The summed E-state index contributed by atoms with van der Waals surface area (Å²) in [7, 11) is 1.69. The number of methoxy groups -OCH3 is 1. The van der Waals surface area contributed by atoms with Crippen LogP contribution in [0.2, 0.25) is 0 Å². The number of para-hydroxylation sites is 1. The summed E-state index contributed by atoms with van der Waals surface area (Å²) in [4.78, 5) is 0. The van der Waals surface area contributed by atoms with Gasteiger partial charge in [0.25, 0.3) is 0 Å². The van der Waals surface area contributed by atoms with E-state index in [1.165, 1.54) is 5.56 Å². The molecule has 0 atom stereocenters. The third kappa shape index (κ3) is 5.88. The first-order valence-electron chi connectivity index (χ1n) is 7.40. The molecule has 0 aliphatic rings. The summed E-state index contributed by atoms with van der Waals surface area (Å²) in [5, 5.41) is 3.44. The van der Waals surface area contributed by atoms with Crippen LogP contribution in [0.5, 0.6) is 11.5 Å². The normalized spacial score (nSPS) is 10.3. The third-order valence-corrected chi connectivity index (χ3v) is 3.26. The van der Waals surface area contributed by atoms with Crippen molar-refractivity contribution in [3.8, 4) is 11.5 Å². The number of ether oxygens (including phenoxy) is 2. The van der Waals surface area contributed by atoms with Crippen LogP contribution in [0.15, 0.2) is 54.6 Å². The Kier molecular flexibility index (Phi) is 6.62. The molecule has 0 aliphatic carbocycles. The fraction of sp³-hybridized carbons (Fsp3) is 0.333. The fourth-order valence-electron chi connectivity index (χ4n) is 2.05. The minimum absolute atomic E-state index is 0.750. The van der Waals surface area contributed by atoms with Gasteiger partial charge in [0.05, 0.1) is 13.7 Å². The van der Waals surface area contributed by atoms with Crippen LogP contribution in [-0.2, 0) is 6.42 Å². The topological polar surface area (TPSA) is 30.5 Å². The summed E-state index contributed by atoms with van der Waals surface area (Å²) >= 11 is 0. The Bertz CT molecular complexity index is 496. The quantitative estimate of drug-likeness (QED) is 0.717. The van der Waals surface area contributed by atoms with Crippen molar-refractivity contribution in [3.05, 3.63) is 60.2 Å². The Morgan fingerprint density at radius 2 is 1.62 bits per heavy atom. The number of rotatable bonds is 9. The van der Waals surface area contributed by atoms with Crippen molar-refractivity contribution in [2.75, 3.05) is 26.8 Å². The molecule has 0 aromatic heterocycles. The van der Waals surface area contributed by atoms with Crippen LogP contribution in [-0.4, -0.2) is 26.8 Å². The molecule has 112 valence electrons. The minimum atomic E-state index is 0.750. The molecule has 0 bridgehead atoms. The molecular formula is C18H23NO2. The molecule has 2 aromatic carbocycles. The van der Waals surface area contributed by atoms with Crippen LogP contribution in [0.1, 0.15) is 12.0 Å². The van der Waals surface area contributed by atoms with Crippen molar-refractivity contribution >= 4 is 0 Å². The molecule has 1 N–H and O–H groups in total. The van der Waals surface area contributed by atoms with Crippen LogP contribution in [0.3, 0.4) is 0 Å². The van der Waals surface area contributed by atoms with Gasteiger partial charge in [0.15, 0.2) is 0 Å². The van der Waals surface area contributed by atoms with Crippen molar-refractivity contribution in [2.45, 2.75) is 12.8 Å². The Labute approximate surface area is 126 Å². The predicted octanol–water partition coefficient (Wildman–Crippen LogP) is 3.30. The lowest BCUT2D eigenvalue weighted by Gasteiger charge is -2.07. The van der Waals surface area contributed by atoms with E-state index in [0.717, 1.165) is 44.0 Å². The van der Waals surface area contributed by atoms with Gasteiger partial charge in [0.2, 0.25) is 0 Å². The van der Waals surface area contributed by atoms with E-state index < -0.39 is 0 Å². The smallest absolute Gasteiger partial charge is 0.119 e. The molecule has 2 rings (SSSR count). The van der Waals surface area contributed by atoms with Gasteiger partial charge in [-0.15, -0.1) is 0 Å². The van der Waals surface area contributed by atoms with E-state index in [0.29, 0.717) is 0 Å². The second-order valence-corrected chi connectivity index (χ2v) is 4.86. The number of benzene rings is 2. The van der Waals surface area contributed by atoms with E-state index in [9.17, 15) is 0 Å². The van der Waals surface area contributed by atoms with Crippen molar-refractivity contribution in [2.24, 2.45) is 0 Å². The van der Waals surface area contributed by atoms with Gasteiger partial charge in [-0.05, 0) is 55.8 Å². The molecule has 2 aromatic rings. The predicted molar refractivity (Wildman–Crippen MR) is 86.1 cm³/mol. The SMILES string of the molecule is COc1ccc(CCNCCCOc2ccccc2)cc1. The third-order valence-electron chi connectivity index (χ3n) is 3.26. The van der Waals surface area contributed by atoms with Gasteiger partial charge in [-0.25, -0.2) is 0 Å². The highest BCUT2D eigenvalue weighted by Gasteiger charge is 1.95. The standard InChI is InChI=1S/C18H23NO2/c1-20-17-10-8-16(9-11-17)12-14-19-13-5-15-21-18-6-3-2-4-7-18/h2-4,6-11,19H,5,12-15H2,1H3. The van der Waals surface area contributed by atoms with E-state index in [2.05, 4.69) is 17.4 Å². The summed E-state index contributed by atoms with van der Waals surface area (Å²) in [5.74, 6) is 1.85. The molecule has 0 spiro atoms. The summed E-state index contributed by atoms with van der Waals surface area (Å²) in [6.07, 6.45) is 2.04. The Hall–Kier alpha value is -2.00. The zero-order valence-corrected chi connectivity index (χ0v) is 12.5. The molecule has 3 heteroatoms. The summed E-state index contributed by atoms with van der Waals surface area (Å²) in [5.41, 5.74) is 1.32. The number of hydrogen-bond acceptors (Lipinski definition) is 3. The summed E-state index contributed by atoms with van der Waals surface area (Å²) in [6, 6.07) is 18.2. The molecule has 0 heterocycles. The molecule has 21 heavy (non-hydrogen) atoms. The minimum Gasteiger partial charge on any atom is -0.497 e. The second-order valence-electron chi connectivity index (χ2n) is 4.86. The monoisotopic (exact) mass is 285 g/mol. The molecule has 0 fully saturated rings. The van der Waals surface area contributed by atoms with E-state index in [1.54, 1.807) is 7.11 Å². The highest BCUT2D eigenvalue weighted by atomic mass is 16.5. The van der Waals surface area contributed by atoms with Crippen molar-refractivity contribution in [1.82, 2.24) is 5.32 Å². The molecule has 0 unspecified atom stereocenters. The van der Waals surface area contributed by atoms with Gasteiger partial charge in [-0.3, -0.25) is 0 Å². The van der Waals surface area contributed by atoms with Gasteiger partial charge < -0.3 is 14.8 Å². The van der Waals surface area contributed by atoms with Gasteiger partial charge in [-0.2, -0.15) is 0 Å². The molecule has 0 saturated carbocycles. The molecule has 0 amide bonds. The van der Waals surface area contributed by atoms with Gasteiger partial charge >= 0.3 is 0 Å². The zero-order chi connectivity index (χ0) is 14.8. The Morgan fingerprint density at radius 1 is 0.857 bits per heavy atom. The largest absolute Gasteiger partial charge is 0.497 e. The highest BCUT2D eigenvalue weighted by molar-refractivity contribution is 5.27. The van der Waals surface area contributed by atoms with Crippen molar-refractivity contribution in [3.63, 3.8) is 0 Å². The molecule has 0 saturated heterocycles. The van der Waals surface area contributed by atoms with E-state index in [-0.39, 0.29) is 0 Å². The first kappa shape index (κ1) is 15.4. The van der Waals surface area contributed by atoms with E-state index >= 15 is 0 Å². The maximum atomic E-state index is 5.64. The lowest BCUT2D eigenvalue weighted by Crippen LogP contribution is -2.20. The van der Waals surface area contributed by atoms with Crippen molar-refractivity contribution < 1.29 is 9.47 Å². The first-order chi connectivity index (χ1) is 10.4. The lowest BCUT2D eigenvalue weighted by molar-refractivity contribution is 0.308. The maximum absolute atomic E-state index is 5.64. The van der Waals surface area contributed by atoms with Crippen LogP contribution in [0.25, 0.3) is 0 Å². The fourth-order valence-corrected chi connectivity index (χ4v) is 2.05. The van der Waals surface area contributed by atoms with Crippen LogP contribution in [0.4, 0.5) is 0 Å². The average molecular weight is 285 g/mol. The molecular weight excluding hydrogens is 262 g/mol. The number of nitrogens with one attached hydrogen (secondary N) is 1. The van der Waals surface area contributed by atoms with Crippen LogP contribution >= 0.6 is 0 Å². The van der Waals surface area contributed by atoms with Crippen molar-refractivity contribution in [1.29, 1.82) is 0 Å². The van der Waals surface area contributed by atoms with E-state index in [1.807, 2.05) is 42.5 Å². The average Bonchev–Trinajstić information content (AvgIpc) is 2.55. The Morgan fingerprint density at radius 3 is 2.33 bits per heavy atom. The second kappa shape index (κ2) is 9.03. The highest BCUT2D eigenvalue weighted by Crippen LogP contribution is 2.11. The number of hydrogen-bond donors (Lipinski definition) is 1. The molecule has 3 nitrogen and oxygen atoms in total. The van der Waals surface area contributed by atoms with Gasteiger partial charge in [0.1, 0.15) is 11.5 Å². The lowest BCUT2D eigenvalue weighted by atomic mass is 10.1. The maximum Gasteiger partial charge on any atom is 0.119 e. The van der Waals surface area contributed by atoms with Crippen LogP contribution in [0, 0.1) is 0 Å². The van der Waals surface area contributed by atoms with E-state index in [4.69, 9.17) is 9.47 Å². The van der Waals surface area contributed by atoms with Crippen LogP contribution < -0.4 is 14.8 Å². The first-order valence-corrected chi connectivity index (χ1v) is 7.40. The summed E-state index contributed by atoms with van der Waals surface area (Å²) < 4.78 is 10.8. The van der Waals surface area contributed by atoms with Gasteiger partial charge in [0, 0.05) is 0 Å². The molecule has 0 aliphatic heterocycles. The summed E-state index contributed by atoms with van der Waals surface area (Å²) in [6.45, 7) is 2.71. The molecule has 0 radical (unpaired) electrons.